The van der Waals surface area contributed by atoms with Crippen LogP contribution in [0.1, 0.15) is 37.7 Å². The molecule has 4 rings (SSSR count). The van der Waals surface area contributed by atoms with Crippen molar-refractivity contribution in [3.05, 3.63) is 47.3 Å². The van der Waals surface area contributed by atoms with E-state index in [4.69, 9.17) is 4.74 Å². The molecule has 0 N–H and O–H groups in total. The van der Waals surface area contributed by atoms with Gasteiger partial charge < -0.3 is 14.5 Å². The molecule has 166 valence electrons. The van der Waals surface area contributed by atoms with Crippen LogP contribution in [0.2, 0.25) is 0 Å². The molecule has 0 aliphatic carbocycles. The van der Waals surface area contributed by atoms with Gasteiger partial charge in [-0.2, -0.15) is 0 Å². The summed E-state index contributed by atoms with van der Waals surface area (Å²) in [6.07, 6.45) is 4.81. The molecule has 2 aliphatic heterocycles. The van der Waals surface area contributed by atoms with Crippen molar-refractivity contribution in [3.8, 4) is 10.4 Å². The summed E-state index contributed by atoms with van der Waals surface area (Å²) in [4.78, 5) is 31.3. The number of carbonyl (C=O) groups is 2. The van der Waals surface area contributed by atoms with Crippen molar-refractivity contribution in [1.29, 1.82) is 0 Å². The summed E-state index contributed by atoms with van der Waals surface area (Å²) < 4.78 is 5.06. The molecule has 0 spiro atoms. The monoisotopic (exact) mass is 440 g/mol. The third-order valence-corrected chi connectivity index (χ3v) is 7.66. The first kappa shape index (κ1) is 22.0. The maximum absolute atomic E-state index is 13.6. The van der Waals surface area contributed by atoms with Crippen LogP contribution in [0, 0.1) is 5.41 Å². The number of hydrogen-bond donors (Lipinski definition) is 0. The van der Waals surface area contributed by atoms with E-state index in [-0.39, 0.29) is 11.8 Å². The first-order valence-corrected chi connectivity index (χ1v) is 12.2. The number of methoxy groups -OCH3 is 1. The Labute approximate surface area is 189 Å². The third-order valence-electron chi connectivity index (χ3n) is 6.74. The summed E-state index contributed by atoms with van der Waals surface area (Å²) in [6.45, 7) is 3.48. The molecular weight excluding hydrogens is 408 g/mol. The van der Waals surface area contributed by atoms with Gasteiger partial charge in [0.15, 0.2) is 0 Å². The molecule has 0 unspecified atom stereocenters. The molecule has 0 atom stereocenters. The Morgan fingerprint density at radius 1 is 1.00 bits per heavy atom. The SMILES string of the molecule is COCCC(=O)N1CCC(Cc2ccc(-c3cccs3)cc2)(C(=O)N2CCCC2)CC1. The lowest BCUT2D eigenvalue weighted by Crippen LogP contribution is -2.52. The van der Waals surface area contributed by atoms with E-state index in [9.17, 15) is 9.59 Å². The van der Waals surface area contributed by atoms with Crippen LogP contribution in [0.4, 0.5) is 0 Å². The molecule has 31 heavy (non-hydrogen) atoms. The molecule has 5 nitrogen and oxygen atoms in total. The number of carbonyl (C=O) groups excluding carboxylic acids is 2. The van der Waals surface area contributed by atoms with Crippen molar-refractivity contribution < 1.29 is 14.3 Å². The maximum Gasteiger partial charge on any atom is 0.229 e. The van der Waals surface area contributed by atoms with Gasteiger partial charge in [-0.15, -0.1) is 11.3 Å². The number of piperidine rings is 1. The smallest absolute Gasteiger partial charge is 0.229 e. The molecule has 0 radical (unpaired) electrons. The molecule has 0 bridgehead atoms. The molecule has 2 aliphatic rings. The minimum Gasteiger partial charge on any atom is -0.384 e. The van der Waals surface area contributed by atoms with Crippen molar-refractivity contribution in [3.63, 3.8) is 0 Å². The highest BCUT2D eigenvalue weighted by atomic mass is 32.1. The second kappa shape index (κ2) is 9.96. The van der Waals surface area contributed by atoms with Crippen LogP contribution in [0.3, 0.4) is 0 Å². The van der Waals surface area contributed by atoms with E-state index < -0.39 is 5.41 Å². The fourth-order valence-electron chi connectivity index (χ4n) is 4.87. The second-order valence-corrected chi connectivity index (χ2v) is 9.70. The molecular formula is C25H32N2O3S. The fraction of sp³-hybridized carbons (Fsp3) is 0.520. The molecule has 6 heteroatoms. The van der Waals surface area contributed by atoms with Gasteiger partial charge in [0.2, 0.25) is 11.8 Å². The third kappa shape index (κ3) is 5.01. The van der Waals surface area contributed by atoms with Crippen molar-refractivity contribution in [2.75, 3.05) is 39.9 Å². The largest absolute Gasteiger partial charge is 0.384 e. The Morgan fingerprint density at radius 2 is 1.71 bits per heavy atom. The standard InChI is InChI=1S/C25H32N2O3S/c1-30-17-10-23(28)26-15-11-25(12-16-26,24(29)27-13-2-3-14-27)19-20-6-8-21(9-7-20)22-5-4-18-31-22/h4-9,18H,2-3,10-17,19H2,1H3. The number of likely N-dealkylation sites (tertiary alicyclic amines) is 2. The number of nitrogens with zero attached hydrogens (tertiary/aromatic N) is 2. The minimum absolute atomic E-state index is 0.129. The Bertz CT molecular complexity index is 865. The first-order valence-electron chi connectivity index (χ1n) is 11.3. The van der Waals surface area contributed by atoms with Gasteiger partial charge in [-0.25, -0.2) is 0 Å². The highest BCUT2D eigenvalue weighted by molar-refractivity contribution is 7.13. The average molecular weight is 441 g/mol. The van der Waals surface area contributed by atoms with Crippen LogP contribution < -0.4 is 0 Å². The van der Waals surface area contributed by atoms with Gasteiger partial charge in [-0.3, -0.25) is 9.59 Å². The molecule has 1 aromatic heterocycles. The topological polar surface area (TPSA) is 49.9 Å². The van der Waals surface area contributed by atoms with Gasteiger partial charge in [0.1, 0.15) is 0 Å². The summed E-state index contributed by atoms with van der Waals surface area (Å²) in [7, 11) is 1.62. The number of hydrogen-bond acceptors (Lipinski definition) is 4. The van der Waals surface area contributed by atoms with E-state index in [1.165, 1.54) is 16.0 Å². The van der Waals surface area contributed by atoms with E-state index in [1.54, 1.807) is 18.4 Å². The molecule has 0 saturated carbocycles. The van der Waals surface area contributed by atoms with Gasteiger partial charge in [-0.05, 0) is 54.7 Å². The van der Waals surface area contributed by atoms with E-state index >= 15 is 0 Å². The summed E-state index contributed by atoms with van der Waals surface area (Å²) in [5.41, 5.74) is 2.01. The molecule has 2 amide bonds. The highest BCUT2D eigenvalue weighted by Crippen LogP contribution is 2.39. The lowest BCUT2D eigenvalue weighted by Gasteiger charge is -2.42. The van der Waals surface area contributed by atoms with Gasteiger partial charge >= 0.3 is 0 Å². The summed E-state index contributed by atoms with van der Waals surface area (Å²) in [5.74, 6) is 0.417. The lowest BCUT2D eigenvalue weighted by molar-refractivity contribution is -0.147. The predicted octanol–water partition coefficient (Wildman–Crippen LogP) is 4.23. The number of ether oxygens (including phenoxy) is 1. The van der Waals surface area contributed by atoms with Crippen molar-refractivity contribution in [1.82, 2.24) is 9.80 Å². The van der Waals surface area contributed by atoms with Gasteiger partial charge in [-0.1, -0.05) is 30.3 Å². The number of amides is 2. The Balaban J connectivity index is 1.50. The lowest BCUT2D eigenvalue weighted by atomic mass is 9.72. The van der Waals surface area contributed by atoms with Crippen LogP contribution in [0.15, 0.2) is 41.8 Å². The summed E-state index contributed by atoms with van der Waals surface area (Å²) >= 11 is 1.74. The zero-order valence-electron chi connectivity index (χ0n) is 18.3. The van der Waals surface area contributed by atoms with Crippen molar-refractivity contribution in [2.24, 2.45) is 5.41 Å². The van der Waals surface area contributed by atoms with Crippen LogP contribution >= 0.6 is 11.3 Å². The van der Waals surface area contributed by atoms with E-state index in [2.05, 4.69) is 46.7 Å². The zero-order chi connectivity index (χ0) is 21.7. The Hall–Kier alpha value is -2.18. The Kier molecular flexibility index (Phi) is 7.08. The van der Waals surface area contributed by atoms with Gasteiger partial charge in [0.25, 0.3) is 0 Å². The van der Waals surface area contributed by atoms with Crippen LogP contribution in [0.5, 0.6) is 0 Å². The number of thiophene rings is 1. The quantitative estimate of drug-likeness (QED) is 0.648. The fourth-order valence-corrected chi connectivity index (χ4v) is 5.61. The Morgan fingerprint density at radius 3 is 2.32 bits per heavy atom. The van der Waals surface area contributed by atoms with Crippen LogP contribution in [-0.2, 0) is 20.7 Å². The van der Waals surface area contributed by atoms with Gasteiger partial charge in [0.05, 0.1) is 18.4 Å². The molecule has 2 aromatic rings. The normalized spacial score (nSPS) is 18.4. The molecule has 2 saturated heterocycles. The zero-order valence-corrected chi connectivity index (χ0v) is 19.2. The molecule has 1 aromatic carbocycles. The first-order chi connectivity index (χ1) is 15.1. The van der Waals surface area contributed by atoms with Crippen molar-refractivity contribution >= 4 is 23.2 Å². The van der Waals surface area contributed by atoms with E-state index in [0.29, 0.717) is 26.1 Å². The van der Waals surface area contributed by atoms with Crippen LogP contribution in [0.25, 0.3) is 10.4 Å². The number of benzene rings is 1. The summed E-state index contributed by atoms with van der Waals surface area (Å²) in [5, 5.41) is 2.09. The van der Waals surface area contributed by atoms with Crippen molar-refractivity contribution in [2.45, 2.75) is 38.5 Å². The van der Waals surface area contributed by atoms with Crippen LogP contribution in [-0.4, -0.2) is 61.5 Å². The molecule has 3 heterocycles. The van der Waals surface area contributed by atoms with E-state index in [1.807, 2.05) is 4.90 Å². The second-order valence-electron chi connectivity index (χ2n) is 8.75. The summed E-state index contributed by atoms with van der Waals surface area (Å²) in [6, 6.07) is 12.9. The average Bonchev–Trinajstić information content (AvgIpc) is 3.52. The predicted molar refractivity (Wildman–Crippen MR) is 124 cm³/mol. The van der Waals surface area contributed by atoms with Gasteiger partial charge in [0, 0.05) is 38.2 Å². The maximum atomic E-state index is 13.6. The highest BCUT2D eigenvalue weighted by Gasteiger charge is 2.44. The number of rotatable bonds is 7. The molecule has 2 fully saturated rings. The minimum atomic E-state index is -0.410. The van der Waals surface area contributed by atoms with E-state index in [0.717, 1.165) is 45.2 Å².